The monoisotopic (exact) mass is 438 g/mol. The summed E-state index contributed by atoms with van der Waals surface area (Å²) in [7, 11) is 0. The molecule has 0 radical (unpaired) electrons. The van der Waals surface area contributed by atoms with Crippen LogP contribution in [0.4, 0.5) is 10.1 Å². The summed E-state index contributed by atoms with van der Waals surface area (Å²) in [5.74, 6) is 1.16. The summed E-state index contributed by atoms with van der Waals surface area (Å²) in [4.78, 5) is 15.9. The minimum absolute atomic E-state index is 0.116. The number of carbonyl (C=O) groups is 1. The van der Waals surface area contributed by atoms with Crippen molar-refractivity contribution in [1.82, 2.24) is 4.90 Å². The number of ether oxygens (including phenoxy) is 1. The van der Waals surface area contributed by atoms with Gasteiger partial charge in [-0.15, -0.1) is 0 Å². The fraction of sp³-hybridized carbons (Fsp3) is 0.519. The molecule has 1 saturated carbocycles. The van der Waals surface area contributed by atoms with Gasteiger partial charge in [-0.25, -0.2) is 4.39 Å². The molecule has 1 heterocycles. The van der Waals surface area contributed by atoms with Crippen molar-refractivity contribution >= 4 is 11.6 Å². The highest BCUT2D eigenvalue weighted by Gasteiger charge is 2.42. The van der Waals surface area contributed by atoms with Crippen LogP contribution >= 0.6 is 0 Å². The normalized spacial score (nSPS) is 21.1. The number of carbonyl (C=O) groups excluding carboxylic acids is 1. The van der Waals surface area contributed by atoms with Crippen LogP contribution in [-0.4, -0.2) is 37.0 Å². The van der Waals surface area contributed by atoms with Crippen molar-refractivity contribution in [2.45, 2.75) is 57.3 Å². The molecule has 0 bridgehead atoms. The number of nitrogens with zero attached hydrogens (tertiary/aromatic N) is 1. The van der Waals surface area contributed by atoms with Gasteiger partial charge in [-0.3, -0.25) is 9.69 Å². The Bertz CT molecular complexity index is 893. The zero-order valence-electron chi connectivity index (χ0n) is 19.1. The Labute approximate surface area is 191 Å². The average Bonchev–Trinajstić information content (AvgIpc) is 2.81. The van der Waals surface area contributed by atoms with Crippen LogP contribution < -0.4 is 10.1 Å². The zero-order chi connectivity index (χ0) is 22.4. The number of benzene rings is 2. The van der Waals surface area contributed by atoms with E-state index in [1.54, 1.807) is 12.1 Å². The van der Waals surface area contributed by atoms with E-state index in [-0.39, 0.29) is 11.7 Å². The first-order valence-electron chi connectivity index (χ1n) is 12.1. The largest absolute Gasteiger partial charge is 0.492 e. The molecule has 1 aliphatic carbocycles. The number of nitrogens with one attached hydrogen (secondary N) is 1. The average molecular weight is 439 g/mol. The van der Waals surface area contributed by atoms with Crippen molar-refractivity contribution in [1.29, 1.82) is 0 Å². The van der Waals surface area contributed by atoms with Crippen LogP contribution in [0, 0.1) is 11.7 Å². The molecule has 2 aromatic rings. The Kier molecular flexibility index (Phi) is 7.46. The highest BCUT2D eigenvalue weighted by Crippen LogP contribution is 2.41. The number of amides is 1. The van der Waals surface area contributed by atoms with E-state index in [4.69, 9.17) is 4.74 Å². The van der Waals surface area contributed by atoms with Crippen LogP contribution in [0.25, 0.3) is 0 Å². The lowest BCUT2D eigenvalue weighted by molar-refractivity contribution is -0.122. The molecule has 1 saturated heterocycles. The van der Waals surface area contributed by atoms with E-state index in [2.05, 4.69) is 17.1 Å². The predicted molar refractivity (Wildman–Crippen MR) is 127 cm³/mol. The Hall–Kier alpha value is -2.40. The highest BCUT2D eigenvalue weighted by molar-refractivity contribution is 5.99. The molecule has 1 N–H and O–H groups in total. The third-order valence-electron chi connectivity index (χ3n) is 7.06. The van der Waals surface area contributed by atoms with Crippen molar-refractivity contribution in [3.63, 3.8) is 0 Å². The molecule has 172 valence electrons. The van der Waals surface area contributed by atoms with E-state index in [0.717, 1.165) is 50.6 Å². The molecule has 2 fully saturated rings. The second kappa shape index (κ2) is 10.5. The lowest BCUT2D eigenvalue weighted by Crippen LogP contribution is -2.42. The van der Waals surface area contributed by atoms with Crippen molar-refractivity contribution in [3.8, 4) is 5.75 Å². The van der Waals surface area contributed by atoms with Gasteiger partial charge in [0.15, 0.2) is 0 Å². The molecule has 4 nitrogen and oxygen atoms in total. The molecule has 2 aromatic carbocycles. The SMILES string of the molecule is C[C@@H]1CCCN(CCOc2ccc(NC(=O)C3(c4ccccc4F)CCCCC3)cc2)C1. The van der Waals surface area contributed by atoms with Gasteiger partial charge in [-0.2, -0.15) is 0 Å². The maximum absolute atomic E-state index is 14.6. The molecular formula is C27H35FN2O2. The van der Waals surface area contributed by atoms with Gasteiger partial charge >= 0.3 is 0 Å². The van der Waals surface area contributed by atoms with Crippen LogP contribution in [-0.2, 0) is 10.2 Å². The lowest BCUT2D eigenvalue weighted by Gasteiger charge is -2.36. The number of piperidine rings is 1. The second-order valence-electron chi connectivity index (χ2n) is 9.50. The van der Waals surface area contributed by atoms with Gasteiger partial charge < -0.3 is 10.1 Å². The second-order valence-corrected chi connectivity index (χ2v) is 9.50. The van der Waals surface area contributed by atoms with E-state index >= 15 is 0 Å². The fourth-order valence-electron chi connectivity index (χ4n) is 5.29. The number of likely N-dealkylation sites (tertiary alicyclic amines) is 1. The number of hydrogen-bond donors (Lipinski definition) is 1. The maximum Gasteiger partial charge on any atom is 0.235 e. The molecule has 1 aliphatic heterocycles. The molecule has 1 amide bonds. The fourth-order valence-corrected chi connectivity index (χ4v) is 5.29. The van der Waals surface area contributed by atoms with Gasteiger partial charge in [0, 0.05) is 24.3 Å². The number of anilines is 1. The standard InChI is InChI=1S/C27H35FN2O2/c1-21-8-7-17-30(20-21)18-19-32-23-13-11-22(12-14-23)29-26(31)27(15-5-2-6-16-27)24-9-3-4-10-25(24)28/h3-4,9-14,21H,2,5-8,15-20H2,1H3,(H,29,31)/t21-/m1/s1. The molecule has 32 heavy (non-hydrogen) atoms. The van der Waals surface area contributed by atoms with Crippen LogP contribution in [0.15, 0.2) is 48.5 Å². The van der Waals surface area contributed by atoms with Crippen LogP contribution in [0.3, 0.4) is 0 Å². The lowest BCUT2D eigenvalue weighted by atomic mass is 9.68. The van der Waals surface area contributed by atoms with Gasteiger partial charge in [0.2, 0.25) is 5.91 Å². The smallest absolute Gasteiger partial charge is 0.235 e. The van der Waals surface area contributed by atoms with Crippen molar-refractivity contribution in [2.75, 3.05) is 31.6 Å². The van der Waals surface area contributed by atoms with Crippen LogP contribution in [0.2, 0.25) is 0 Å². The third-order valence-corrected chi connectivity index (χ3v) is 7.06. The summed E-state index contributed by atoms with van der Waals surface area (Å²) < 4.78 is 20.6. The molecule has 0 unspecified atom stereocenters. The quantitative estimate of drug-likeness (QED) is 0.596. The summed E-state index contributed by atoms with van der Waals surface area (Å²) in [6.45, 7) is 6.22. The molecule has 1 atom stereocenters. The Morgan fingerprint density at radius 1 is 1.09 bits per heavy atom. The first-order valence-corrected chi connectivity index (χ1v) is 12.1. The van der Waals surface area contributed by atoms with Gasteiger partial charge in [0.05, 0.1) is 5.41 Å². The predicted octanol–water partition coefficient (Wildman–Crippen LogP) is 5.78. The van der Waals surface area contributed by atoms with E-state index in [9.17, 15) is 9.18 Å². The van der Waals surface area contributed by atoms with Crippen LogP contribution in [0.1, 0.15) is 57.4 Å². The summed E-state index contributed by atoms with van der Waals surface area (Å²) in [6, 6.07) is 14.2. The first kappa shape index (κ1) is 22.8. The summed E-state index contributed by atoms with van der Waals surface area (Å²) in [5.41, 5.74) is 0.433. The first-order chi connectivity index (χ1) is 15.6. The minimum Gasteiger partial charge on any atom is -0.492 e. The Morgan fingerprint density at radius 2 is 1.84 bits per heavy atom. The maximum atomic E-state index is 14.6. The molecule has 0 spiro atoms. The van der Waals surface area contributed by atoms with Gasteiger partial charge in [0.25, 0.3) is 0 Å². The zero-order valence-corrected chi connectivity index (χ0v) is 19.1. The third kappa shape index (κ3) is 5.32. The highest BCUT2D eigenvalue weighted by atomic mass is 19.1. The number of rotatable bonds is 7. The molecule has 5 heteroatoms. The summed E-state index contributed by atoms with van der Waals surface area (Å²) in [6.07, 6.45) is 6.90. The van der Waals surface area contributed by atoms with E-state index in [0.29, 0.717) is 30.7 Å². The number of halogens is 1. The molecule has 4 rings (SSSR count). The molecule has 0 aromatic heterocycles. The van der Waals surface area contributed by atoms with E-state index in [1.165, 1.54) is 18.9 Å². The van der Waals surface area contributed by atoms with Crippen molar-refractivity contribution in [2.24, 2.45) is 5.92 Å². The van der Waals surface area contributed by atoms with Crippen LogP contribution in [0.5, 0.6) is 5.75 Å². The molecule has 2 aliphatic rings. The van der Waals surface area contributed by atoms with Crippen molar-refractivity contribution in [3.05, 3.63) is 59.9 Å². The minimum atomic E-state index is -0.801. The summed E-state index contributed by atoms with van der Waals surface area (Å²) >= 11 is 0. The topological polar surface area (TPSA) is 41.6 Å². The van der Waals surface area contributed by atoms with E-state index < -0.39 is 5.41 Å². The Balaban J connectivity index is 1.36. The van der Waals surface area contributed by atoms with Gasteiger partial charge in [0.1, 0.15) is 18.2 Å². The van der Waals surface area contributed by atoms with Gasteiger partial charge in [-0.05, 0) is 68.5 Å². The molecular weight excluding hydrogens is 403 g/mol. The number of hydrogen-bond acceptors (Lipinski definition) is 3. The van der Waals surface area contributed by atoms with Crippen molar-refractivity contribution < 1.29 is 13.9 Å². The van der Waals surface area contributed by atoms with Gasteiger partial charge in [-0.1, -0.05) is 44.4 Å². The van der Waals surface area contributed by atoms with E-state index in [1.807, 2.05) is 30.3 Å². The summed E-state index contributed by atoms with van der Waals surface area (Å²) in [5, 5.41) is 3.05. The Morgan fingerprint density at radius 3 is 2.56 bits per heavy atom.